The maximum absolute atomic E-state index is 10.3. The summed E-state index contributed by atoms with van der Waals surface area (Å²) in [4.78, 5) is 0. The maximum Gasteiger partial charge on any atom is 0.0543 e. The Hall–Kier alpha value is -0.300. The van der Waals surface area contributed by atoms with Crippen molar-refractivity contribution in [3.63, 3.8) is 0 Å². The Balaban J connectivity index is 1.52. The van der Waals surface area contributed by atoms with Crippen LogP contribution in [0.15, 0.2) is 11.1 Å². The van der Waals surface area contributed by atoms with Crippen LogP contribution in [-0.2, 0) is 0 Å². The van der Waals surface area contributed by atoms with Crippen LogP contribution < -0.4 is 0 Å². The van der Waals surface area contributed by atoms with Gasteiger partial charge in [0.25, 0.3) is 0 Å². The lowest BCUT2D eigenvalue weighted by atomic mass is 9.49. The molecule has 4 aliphatic carbocycles. The normalized spacial score (nSPS) is 43.2. The highest BCUT2D eigenvalue weighted by molar-refractivity contribution is 5.34. The zero-order chi connectivity index (χ0) is 21.7. The molecule has 3 fully saturated rings. The summed E-state index contributed by atoms with van der Waals surface area (Å²) in [7, 11) is 0. The zero-order valence-corrected chi connectivity index (χ0v) is 21.0. The minimum absolute atomic E-state index is 0.0272. The van der Waals surface area contributed by atoms with Gasteiger partial charge in [-0.15, -0.1) is 0 Å². The smallest absolute Gasteiger partial charge is 0.0543 e. The molecule has 0 bridgehead atoms. The summed E-state index contributed by atoms with van der Waals surface area (Å²) < 4.78 is 0. The largest absolute Gasteiger partial charge is 0.393 e. The molecule has 3 saturated carbocycles. The van der Waals surface area contributed by atoms with Crippen LogP contribution in [0, 0.1) is 46.3 Å². The summed E-state index contributed by atoms with van der Waals surface area (Å²) in [5.41, 5.74) is 4.80. The average molecular weight is 415 g/mol. The van der Waals surface area contributed by atoms with Gasteiger partial charge >= 0.3 is 0 Å². The van der Waals surface area contributed by atoms with Gasteiger partial charge in [-0.05, 0) is 111 Å². The first kappa shape index (κ1) is 22.9. The van der Waals surface area contributed by atoms with Crippen LogP contribution in [0.3, 0.4) is 0 Å². The fourth-order valence-corrected chi connectivity index (χ4v) is 9.11. The molecule has 172 valence electrons. The number of aliphatic hydroxyl groups is 1. The minimum Gasteiger partial charge on any atom is -0.393 e. The third kappa shape index (κ3) is 3.74. The van der Waals surface area contributed by atoms with Crippen LogP contribution in [0.5, 0.6) is 0 Å². The third-order valence-electron chi connectivity index (χ3n) is 11.2. The molecule has 0 heterocycles. The van der Waals surface area contributed by atoms with Crippen LogP contribution in [0.1, 0.15) is 119 Å². The van der Waals surface area contributed by atoms with E-state index in [0.717, 1.165) is 48.3 Å². The quantitative estimate of drug-likeness (QED) is 0.434. The highest BCUT2D eigenvalue weighted by atomic mass is 16.3. The van der Waals surface area contributed by atoms with Gasteiger partial charge in [0.1, 0.15) is 0 Å². The summed E-state index contributed by atoms with van der Waals surface area (Å²) in [5.74, 6) is 5.11. The highest BCUT2D eigenvalue weighted by Gasteiger charge is 2.55. The molecule has 0 aromatic rings. The summed E-state index contributed by atoms with van der Waals surface area (Å²) >= 11 is 0. The molecule has 4 aliphatic rings. The van der Waals surface area contributed by atoms with Gasteiger partial charge < -0.3 is 5.11 Å². The fourth-order valence-electron chi connectivity index (χ4n) is 9.11. The van der Waals surface area contributed by atoms with E-state index in [4.69, 9.17) is 0 Å². The molecule has 0 radical (unpaired) electrons. The van der Waals surface area contributed by atoms with Crippen molar-refractivity contribution in [2.45, 2.75) is 125 Å². The third-order valence-corrected chi connectivity index (χ3v) is 11.2. The Labute approximate surface area is 187 Å². The van der Waals surface area contributed by atoms with Crippen LogP contribution in [0.2, 0.25) is 0 Å². The number of aliphatic hydroxyl groups excluding tert-OH is 1. The van der Waals surface area contributed by atoms with E-state index in [1.165, 1.54) is 64.2 Å². The van der Waals surface area contributed by atoms with Crippen LogP contribution in [0.25, 0.3) is 0 Å². The molecular weight excluding hydrogens is 364 g/mol. The van der Waals surface area contributed by atoms with Crippen molar-refractivity contribution >= 4 is 0 Å². The van der Waals surface area contributed by atoms with E-state index in [1.54, 1.807) is 0 Å². The van der Waals surface area contributed by atoms with E-state index in [1.807, 2.05) is 11.1 Å². The average Bonchev–Trinajstić information content (AvgIpc) is 3.06. The van der Waals surface area contributed by atoms with Crippen molar-refractivity contribution in [1.82, 2.24) is 0 Å². The van der Waals surface area contributed by atoms with Gasteiger partial charge in [-0.3, -0.25) is 0 Å². The molecule has 1 heteroatoms. The first-order chi connectivity index (χ1) is 14.2. The molecule has 4 rings (SSSR count). The number of hydrogen-bond acceptors (Lipinski definition) is 1. The Morgan fingerprint density at radius 1 is 0.967 bits per heavy atom. The van der Waals surface area contributed by atoms with E-state index < -0.39 is 0 Å². The summed E-state index contributed by atoms with van der Waals surface area (Å²) in [6, 6.07) is 0. The summed E-state index contributed by atoms with van der Waals surface area (Å²) in [6.45, 7) is 15.1. The zero-order valence-electron chi connectivity index (χ0n) is 21.0. The maximum atomic E-state index is 10.3. The van der Waals surface area contributed by atoms with E-state index in [9.17, 15) is 5.11 Å². The van der Waals surface area contributed by atoms with Crippen molar-refractivity contribution in [3.8, 4) is 0 Å². The Bertz CT molecular complexity index is 647. The highest BCUT2D eigenvalue weighted by Crippen LogP contribution is 2.65. The van der Waals surface area contributed by atoms with Crippen LogP contribution >= 0.6 is 0 Å². The van der Waals surface area contributed by atoms with Gasteiger partial charge in [0.15, 0.2) is 0 Å². The lowest BCUT2D eigenvalue weighted by molar-refractivity contribution is -0.0381. The molecule has 1 unspecified atom stereocenters. The van der Waals surface area contributed by atoms with E-state index in [2.05, 4.69) is 41.5 Å². The predicted molar refractivity (Wildman–Crippen MR) is 128 cm³/mol. The topological polar surface area (TPSA) is 20.2 Å². The van der Waals surface area contributed by atoms with Gasteiger partial charge in [0.2, 0.25) is 0 Å². The van der Waals surface area contributed by atoms with Gasteiger partial charge in [-0.2, -0.15) is 0 Å². The first-order valence-electron chi connectivity index (χ1n) is 13.6. The molecule has 0 saturated heterocycles. The number of fused-ring (bicyclic) bond motifs is 4. The van der Waals surface area contributed by atoms with Crippen molar-refractivity contribution < 1.29 is 5.11 Å². The van der Waals surface area contributed by atoms with Crippen molar-refractivity contribution in [1.29, 1.82) is 0 Å². The molecule has 8 atom stereocenters. The fraction of sp³-hybridized carbons (Fsp3) is 0.931. The number of rotatable bonds is 6. The van der Waals surface area contributed by atoms with Gasteiger partial charge in [0, 0.05) is 0 Å². The minimum atomic E-state index is -0.0272. The lowest BCUT2D eigenvalue weighted by Gasteiger charge is -2.56. The molecule has 0 amide bonds. The Morgan fingerprint density at radius 2 is 1.73 bits per heavy atom. The Morgan fingerprint density at radius 3 is 2.43 bits per heavy atom. The lowest BCUT2D eigenvalue weighted by Crippen LogP contribution is -2.48. The van der Waals surface area contributed by atoms with Gasteiger partial charge in [-0.25, -0.2) is 0 Å². The van der Waals surface area contributed by atoms with Gasteiger partial charge in [0.05, 0.1) is 6.10 Å². The Kier molecular flexibility index (Phi) is 6.53. The standard InChI is InChI=1S/C29H50O/c1-7-21(19(2)3)9-8-20(4)25-12-13-26-24-11-10-22-18-23(30)14-16-28(22,5)27(24)15-17-29(25,26)6/h19-23,25,27,30H,7-18H2,1-6H3/t20-,21-,22?,23+,25-,27+,28+,29-/m1/s1. The molecule has 0 aromatic heterocycles. The van der Waals surface area contributed by atoms with Crippen molar-refractivity contribution in [2.24, 2.45) is 46.3 Å². The number of allylic oxidation sites excluding steroid dienone is 2. The van der Waals surface area contributed by atoms with Gasteiger partial charge in [-0.1, -0.05) is 65.5 Å². The van der Waals surface area contributed by atoms with E-state index >= 15 is 0 Å². The molecule has 1 N–H and O–H groups in total. The molecule has 0 aromatic carbocycles. The SMILES string of the molecule is CC[C@H](CC[C@@H](C)[C@H]1CCC2=C3CCC4C[C@@H](O)CC[C@]4(C)[C@H]3CC[C@@]21C)C(C)C. The first-order valence-corrected chi connectivity index (χ1v) is 13.6. The molecular formula is C29H50O. The van der Waals surface area contributed by atoms with Crippen LogP contribution in [-0.4, -0.2) is 11.2 Å². The van der Waals surface area contributed by atoms with Crippen molar-refractivity contribution in [3.05, 3.63) is 11.1 Å². The molecule has 0 spiro atoms. The van der Waals surface area contributed by atoms with Crippen LogP contribution in [0.4, 0.5) is 0 Å². The molecule has 1 nitrogen and oxygen atoms in total. The second-order valence-corrected chi connectivity index (χ2v) is 12.8. The molecule has 0 aliphatic heterocycles. The van der Waals surface area contributed by atoms with Crippen molar-refractivity contribution in [2.75, 3.05) is 0 Å². The monoisotopic (exact) mass is 414 g/mol. The molecule has 30 heavy (non-hydrogen) atoms. The van der Waals surface area contributed by atoms with E-state index in [0.29, 0.717) is 10.8 Å². The summed E-state index contributed by atoms with van der Waals surface area (Å²) in [5, 5.41) is 10.3. The second-order valence-electron chi connectivity index (χ2n) is 12.8. The van der Waals surface area contributed by atoms with E-state index in [-0.39, 0.29) is 6.10 Å². The summed E-state index contributed by atoms with van der Waals surface area (Å²) in [6.07, 6.45) is 15.9. The second kappa shape index (κ2) is 8.57. The number of hydrogen-bond donors (Lipinski definition) is 1. The predicted octanol–water partition coefficient (Wildman–Crippen LogP) is 8.17.